The predicted octanol–water partition coefficient (Wildman–Crippen LogP) is 1.91. The molecule has 0 saturated heterocycles. The third-order valence-electron chi connectivity index (χ3n) is 1.46. The molecule has 3 nitrogen and oxygen atoms in total. The lowest BCUT2D eigenvalue weighted by Crippen LogP contribution is -2.28. The summed E-state index contributed by atoms with van der Waals surface area (Å²) >= 11 is 0. The molecule has 0 bridgehead atoms. The second-order valence-corrected chi connectivity index (χ2v) is 2.40. The van der Waals surface area contributed by atoms with Crippen molar-refractivity contribution in [2.24, 2.45) is 0 Å². The normalized spacial score (nSPS) is 21.4. The zero-order chi connectivity index (χ0) is 10.7. The molecule has 0 fully saturated rings. The van der Waals surface area contributed by atoms with Gasteiger partial charge in [0.15, 0.2) is 17.5 Å². The Morgan fingerprint density at radius 1 is 1.57 bits per heavy atom. The average Bonchev–Trinajstić information content (AvgIpc) is 2.15. The zero-order valence-electron chi connectivity index (χ0n) is 7.22. The van der Waals surface area contributed by atoms with E-state index in [1.54, 1.807) is 0 Å². The quantitative estimate of drug-likeness (QED) is 0.650. The first kappa shape index (κ1) is 10.6. The van der Waals surface area contributed by atoms with Crippen LogP contribution in [0.4, 0.5) is 13.2 Å². The van der Waals surface area contributed by atoms with Gasteiger partial charge in [0.1, 0.15) is 6.26 Å². The second-order valence-electron chi connectivity index (χ2n) is 2.40. The van der Waals surface area contributed by atoms with Gasteiger partial charge in [0.05, 0.1) is 6.61 Å². The van der Waals surface area contributed by atoms with Crippen molar-refractivity contribution in [3.8, 4) is 0 Å². The predicted molar refractivity (Wildman–Crippen MR) is 39.9 cm³/mol. The fraction of sp³-hybridized carbons (Fsp3) is 0.375. The van der Waals surface area contributed by atoms with Gasteiger partial charge in [-0.25, -0.2) is 18.0 Å². The summed E-state index contributed by atoms with van der Waals surface area (Å²) in [4.78, 5) is 10.9. The molecule has 1 unspecified atom stereocenters. The van der Waals surface area contributed by atoms with E-state index in [4.69, 9.17) is 0 Å². The lowest BCUT2D eigenvalue weighted by Gasteiger charge is -2.16. The van der Waals surface area contributed by atoms with E-state index < -0.39 is 29.6 Å². The van der Waals surface area contributed by atoms with E-state index >= 15 is 0 Å². The number of allylic oxidation sites excluding steroid dienone is 2. The van der Waals surface area contributed by atoms with Crippen LogP contribution in [-0.2, 0) is 14.3 Å². The van der Waals surface area contributed by atoms with Crippen LogP contribution in [0.1, 0.15) is 6.92 Å². The van der Waals surface area contributed by atoms with E-state index in [9.17, 15) is 18.0 Å². The average molecular weight is 208 g/mol. The number of esters is 1. The van der Waals surface area contributed by atoms with E-state index in [1.807, 2.05) is 0 Å². The SMILES string of the molecule is CCOC(=O)C1OC=C(F)C(F)=C1F. The highest BCUT2D eigenvalue weighted by molar-refractivity contribution is 5.78. The Balaban J connectivity index is 2.82. The fourth-order valence-corrected chi connectivity index (χ4v) is 0.845. The first-order chi connectivity index (χ1) is 6.57. The highest BCUT2D eigenvalue weighted by Gasteiger charge is 2.34. The van der Waals surface area contributed by atoms with Crippen molar-refractivity contribution in [1.29, 1.82) is 0 Å². The number of hydrogen-bond donors (Lipinski definition) is 0. The Hall–Kier alpha value is -1.46. The van der Waals surface area contributed by atoms with Gasteiger partial charge in [-0.15, -0.1) is 0 Å². The van der Waals surface area contributed by atoms with Gasteiger partial charge in [0.2, 0.25) is 6.10 Å². The number of ether oxygens (including phenoxy) is 2. The minimum Gasteiger partial charge on any atom is -0.476 e. The lowest BCUT2D eigenvalue weighted by molar-refractivity contribution is -0.152. The van der Waals surface area contributed by atoms with E-state index in [0.717, 1.165) is 0 Å². The fourth-order valence-electron chi connectivity index (χ4n) is 0.845. The summed E-state index contributed by atoms with van der Waals surface area (Å²) in [7, 11) is 0. The van der Waals surface area contributed by atoms with Crippen LogP contribution in [0, 0.1) is 0 Å². The van der Waals surface area contributed by atoms with Crippen molar-refractivity contribution in [2.75, 3.05) is 6.61 Å². The molecule has 14 heavy (non-hydrogen) atoms. The Labute approximate surface area is 77.8 Å². The monoisotopic (exact) mass is 208 g/mol. The Kier molecular flexibility index (Phi) is 3.16. The molecule has 1 heterocycles. The Morgan fingerprint density at radius 2 is 2.21 bits per heavy atom. The van der Waals surface area contributed by atoms with Crippen LogP contribution in [-0.4, -0.2) is 18.7 Å². The summed E-state index contributed by atoms with van der Waals surface area (Å²) in [5, 5.41) is 0. The number of carbonyl (C=O) groups is 1. The molecule has 0 radical (unpaired) electrons. The van der Waals surface area contributed by atoms with Crippen LogP contribution in [0.25, 0.3) is 0 Å². The standard InChI is InChI=1S/C8H7F3O3/c1-2-13-8(12)7-6(11)5(10)4(9)3-14-7/h3,7H,2H2,1H3. The molecular weight excluding hydrogens is 201 g/mol. The molecule has 0 aromatic rings. The van der Waals surface area contributed by atoms with Gasteiger partial charge in [-0.05, 0) is 6.92 Å². The van der Waals surface area contributed by atoms with Crippen LogP contribution in [0.5, 0.6) is 0 Å². The topological polar surface area (TPSA) is 35.5 Å². The summed E-state index contributed by atoms with van der Waals surface area (Å²) < 4.78 is 46.5. The first-order valence-electron chi connectivity index (χ1n) is 3.81. The molecule has 0 amide bonds. The van der Waals surface area contributed by atoms with Crippen molar-refractivity contribution in [3.63, 3.8) is 0 Å². The molecule has 0 saturated carbocycles. The number of rotatable bonds is 2. The maximum atomic E-state index is 12.9. The van der Waals surface area contributed by atoms with Gasteiger partial charge in [-0.1, -0.05) is 0 Å². The number of carbonyl (C=O) groups excluding carboxylic acids is 1. The van der Waals surface area contributed by atoms with E-state index in [-0.39, 0.29) is 6.61 Å². The first-order valence-corrected chi connectivity index (χ1v) is 3.81. The number of halogens is 3. The number of hydrogen-bond acceptors (Lipinski definition) is 3. The summed E-state index contributed by atoms with van der Waals surface area (Å²) in [5.74, 6) is -5.91. The minimum absolute atomic E-state index is 0.000210. The molecular formula is C8H7F3O3. The molecule has 0 spiro atoms. The van der Waals surface area contributed by atoms with E-state index in [0.29, 0.717) is 6.26 Å². The van der Waals surface area contributed by atoms with E-state index in [2.05, 4.69) is 9.47 Å². The summed E-state index contributed by atoms with van der Waals surface area (Å²) in [6, 6.07) is 0. The van der Waals surface area contributed by atoms with E-state index in [1.165, 1.54) is 6.92 Å². The van der Waals surface area contributed by atoms with Crippen LogP contribution in [0.2, 0.25) is 0 Å². The van der Waals surface area contributed by atoms with Crippen molar-refractivity contribution < 1.29 is 27.4 Å². The largest absolute Gasteiger partial charge is 0.476 e. The van der Waals surface area contributed by atoms with Crippen molar-refractivity contribution in [2.45, 2.75) is 13.0 Å². The van der Waals surface area contributed by atoms with Gasteiger partial charge >= 0.3 is 5.97 Å². The summed E-state index contributed by atoms with van der Waals surface area (Å²) in [5.41, 5.74) is 0. The zero-order valence-corrected chi connectivity index (χ0v) is 7.22. The van der Waals surface area contributed by atoms with Crippen LogP contribution in [0.15, 0.2) is 23.7 Å². The second kappa shape index (κ2) is 4.17. The molecule has 1 rings (SSSR count). The molecule has 6 heteroatoms. The van der Waals surface area contributed by atoms with Gasteiger partial charge in [0, 0.05) is 0 Å². The Bertz CT molecular complexity index is 309. The molecule has 0 aromatic heterocycles. The van der Waals surface area contributed by atoms with Gasteiger partial charge < -0.3 is 9.47 Å². The molecule has 0 aliphatic carbocycles. The highest BCUT2D eigenvalue weighted by atomic mass is 19.2. The van der Waals surface area contributed by atoms with Crippen molar-refractivity contribution >= 4 is 5.97 Å². The molecule has 1 atom stereocenters. The van der Waals surface area contributed by atoms with Crippen LogP contribution < -0.4 is 0 Å². The highest BCUT2D eigenvalue weighted by Crippen LogP contribution is 2.28. The van der Waals surface area contributed by atoms with Gasteiger partial charge in [0.25, 0.3) is 0 Å². The lowest BCUT2D eigenvalue weighted by atomic mass is 10.2. The van der Waals surface area contributed by atoms with Crippen molar-refractivity contribution in [3.05, 3.63) is 23.7 Å². The molecule has 1 aliphatic rings. The molecule has 78 valence electrons. The Morgan fingerprint density at radius 3 is 2.79 bits per heavy atom. The van der Waals surface area contributed by atoms with Crippen LogP contribution in [0.3, 0.4) is 0 Å². The maximum Gasteiger partial charge on any atom is 0.354 e. The van der Waals surface area contributed by atoms with Gasteiger partial charge in [-0.2, -0.15) is 0 Å². The third kappa shape index (κ3) is 1.89. The minimum atomic E-state index is -1.84. The van der Waals surface area contributed by atoms with Crippen LogP contribution >= 0.6 is 0 Å². The van der Waals surface area contributed by atoms with Crippen molar-refractivity contribution in [1.82, 2.24) is 0 Å². The van der Waals surface area contributed by atoms with Gasteiger partial charge in [-0.3, -0.25) is 0 Å². The maximum absolute atomic E-state index is 12.9. The molecule has 0 N–H and O–H groups in total. The summed E-state index contributed by atoms with van der Waals surface area (Å²) in [6.45, 7) is 1.49. The summed E-state index contributed by atoms with van der Waals surface area (Å²) in [6.07, 6.45) is -1.51. The molecule has 0 aromatic carbocycles. The smallest absolute Gasteiger partial charge is 0.354 e. The molecule has 1 aliphatic heterocycles. The third-order valence-corrected chi connectivity index (χ3v) is 1.46.